The van der Waals surface area contributed by atoms with E-state index in [1.54, 1.807) is 4.90 Å². The van der Waals surface area contributed by atoms with Crippen LogP contribution in [0.5, 0.6) is 0 Å². The van der Waals surface area contributed by atoms with Crippen LogP contribution in [0.25, 0.3) is 0 Å². The second-order valence-electron chi connectivity index (χ2n) is 6.77. The quantitative estimate of drug-likeness (QED) is 0.842. The number of amides is 2. The van der Waals surface area contributed by atoms with Crippen LogP contribution in [0, 0.1) is 19.8 Å². The topological polar surface area (TPSA) is 75.2 Å². The van der Waals surface area contributed by atoms with Crippen LogP contribution in [-0.2, 0) is 16.0 Å². The summed E-state index contributed by atoms with van der Waals surface area (Å²) in [5.74, 6) is -0.552. The Bertz CT molecular complexity index is 818. The third-order valence-electron chi connectivity index (χ3n) is 4.74. The molecule has 1 atom stereocenters. The van der Waals surface area contributed by atoms with Gasteiger partial charge in [-0.05, 0) is 43.5 Å². The van der Waals surface area contributed by atoms with Gasteiger partial charge in [-0.3, -0.25) is 9.59 Å². The zero-order chi connectivity index (χ0) is 18.7. The lowest BCUT2D eigenvalue weighted by atomic mass is 10.1. The highest BCUT2D eigenvalue weighted by Crippen LogP contribution is 2.28. The largest absolute Gasteiger partial charge is 0.312 e. The van der Waals surface area contributed by atoms with E-state index in [4.69, 9.17) is 0 Å². The lowest BCUT2D eigenvalue weighted by Crippen LogP contribution is -2.28. The Kier molecular flexibility index (Phi) is 5.66. The van der Waals surface area contributed by atoms with Crippen molar-refractivity contribution in [3.05, 3.63) is 34.3 Å². The number of carbonyl (C=O) groups excluding carboxylic acids is 2. The minimum absolute atomic E-state index is 0.0192. The average Bonchev–Trinajstić information content (AvgIpc) is 3.22. The van der Waals surface area contributed by atoms with Crippen molar-refractivity contribution in [3.63, 3.8) is 0 Å². The highest BCUT2D eigenvalue weighted by molar-refractivity contribution is 7.15. The van der Waals surface area contributed by atoms with Crippen molar-refractivity contribution in [1.82, 2.24) is 10.2 Å². The van der Waals surface area contributed by atoms with Gasteiger partial charge in [0.25, 0.3) is 0 Å². The van der Waals surface area contributed by atoms with E-state index in [0.717, 1.165) is 35.5 Å². The van der Waals surface area contributed by atoms with Crippen LogP contribution in [0.1, 0.15) is 42.3 Å². The Morgan fingerprint density at radius 3 is 2.85 bits per heavy atom. The molecule has 0 spiro atoms. The SMILES string of the molecule is CCCCc1nnc(NC(=O)[C@H]2CC(=O)N(c3ccc(C)c(C)c3)C2)s1. The first-order chi connectivity index (χ1) is 12.5. The second kappa shape index (κ2) is 7.95. The first-order valence-electron chi connectivity index (χ1n) is 8.98. The molecule has 1 aromatic heterocycles. The second-order valence-corrected chi connectivity index (χ2v) is 7.83. The molecule has 1 aliphatic rings. The molecule has 26 heavy (non-hydrogen) atoms. The Hall–Kier alpha value is -2.28. The molecule has 1 aliphatic heterocycles. The van der Waals surface area contributed by atoms with Crippen LogP contribution in [0.15, 0.2) is 18.2 Å². The molecule has 1 N–H and O–H groups in total. The molecule has 0 saturated carbocycles. The lowest BCUT2D eigenvalue weighted by molar-refractivity contribution is -0.122. The van der Waals surface area contributed by atoms with Crippen LogP contribution >= 0.6 is 11.3 Å². The summed E-state index contributed by atoms with van der Waals surface area (Å²) in [6, 6.07) is 5.94. The van der Waals surface area contributed by atoms with E-state index in [2.05, 4.69) is 22.4 Å². The Morgan fingerprint density at radius 2 is 2.12 bits per heavy atom. The predicted molar refractivity (Wildman–Crippen MR) is 104 cm³/mol. The smallest absolute Gasteiger partial charge is 0.231 e. The van der Waals surface area contributed by atoms with Crippen molar-refractivity contribution < 1.29 is 9.59 Å². The summed E-state index contributed by atoms with van der Waals surface area (Å²) in [7, 11) is 0. The fourth-order valence-corrected chi connectivity index (χ4v) is 3.75. The standard InChI is InChI=1S/C19H24N4O2S/c1-4-5-6-16-21-22-19(26-16)20-18(25)14-10-17(24)23(11-14)15-8-7-12(2)13(3)9-15/h7-9,14H,4-6,10-11H2,1-3H3,(H,20,22,25)/t14-/m0/s1. The highest BCUT2D eigenvalue weighted by atomic mass is 32.1. The third-order valence-corrected chi connectivity index (χ3v) is 5.64. The molecule has 138 valence electrons. The van der Waals surface area contributed by atoms with Crippen molar-refractivity contribution >= 4 is 34.0 Å². The normalized spacial score (nSPS) is 17.0. The monoisotopic (exact) mass is 372 g/mol. The van der Waals surface area contributed by atoms with Crippen molar-refractivity contribution in [1.29, 1.82) is 0 Å². The Labute approximate surface area is 157 Å². The summed E-state index contributed by atoms with van der Waals surface area (Å²) in [6.07, 6.45) is 3.26. The van der Waals surface area contributed by atoms with E-state index in [9.17, 15) is 9.59 Å². The maximum absolute atomic E-state index is 12.5. The van der Waals surface area contributed by atoms with Gasteiger partial charge in [0.15, 0.2) is 0 Å². The van der Waals surface area contributed by atoms with Gasteiger partial charge >= 0.3 is 0 Å². The summed E-state index contributed by atoms with van der Waals surface area (Å²) >= 11 is 1.41. The molecule has 2 aromatic rings. The van der Waals surface area contributed by atoms with Gasteiger partial charge in [0.05, 0.1) is 5.92 Å². The van der Waals surface area contributed by atoms with E-state index in [1.807, 2.05) is 32.0 Å². The van der Waals surface area contributed by atoms with E-state index in [0.29, 0.717) is 11.7 Å². The zero-order valence-corrected chi connectivity index (χ0v) is 16.2. The third kappa shape index (κ3) is 4.09. The minimum Gasteiger partial charge on any atom is -0.312 e. The first kappa shape index (κ1) is 18.5. The van der Waals surface area contributed by atoms with Crippen molar-refractivity contribution in [3.8, 4) is 0 Å². The first-order valence-corrected chi connectivity index (χ1v) is 9.80. The number of aryl methyl sites for hydroxylation is 3. The summed E-state index contributed by atoms with van der Waals surface area (Å²) in [6.45, 7) is 6.59. The molecule has 1 saturated heterocycles. The number of anilines is 2. The lowest BCUT2D eigenvalue weighted by Gasteiger charge is -2.17. The van der Waals surface area contributed by atoms with Crippen molar-refractivity contribution in [2.45, 2.75) is 46.5 Å². The number of rotatable bonds is 6. The van der Waals surface area contributed by atoms with Gasteiger partial charge in [-0.2, -0.15) is 0 Å². The molecule has 1 aromatic carbocycles. The van der Waals surface area contributed by atoms with Crippen LogP contribution in [0.3, 0.4) is 0 Å². The average molecular weight is 372 g/mol. The van der Waals surface area contributed by atoms with Crippen LogP contribution < -0.4 is 10.2 Å². The van der Waals surface area contributed by atoms with Crippen LogP contribution in [-0.4, -0.2) is 28.6 Å². The molecule has 1 fully saturated rings. The van der Waals surface area contributed by atoms with Crippen LogP contribution in [0.2, 0.25) is 0 Å². The molecule has 0 unspecified atom stereocenters. The molecular formula is C19H24N4O2S. The summed E-state index contributed by atoms with van der Waals surface area (Å²) < 4.78 is 0. The number of carbonyl (C=O) groups is 2. The molecule has 6 nitrogen and oxygen atoms in total. The van der Waals surface area contributed by atoms with E-state index < -0.39 is 0 Å². The van der Waals surface area contributed by atoms with E-state index >= 15 is 0 Å². The number of benzene rings is 1. The van der Waals surface area contributed by atoms with E-state index in [-0.39, 0.29) is 24.2 Å². The van der Waals surface area contributed by atoms with Gasteiger partial charge in [-0.15, -0.1) is 10.2 Å². The summed E-state index contributed by atoms with van der Waals surface area (Å²) in [4.78, 5) is 26.6. The Morgan fingerprint density at radius 1 is 1.31 bits per heavy atom. The highest BCUT2D eigenvalue weighted by Gasteiger charge is 2.35. The summed E-state index contributed by atoms with van der Waals surface area (Å²) in [5.41, 5.74) is 3.17. The summed E-state index contributed by atoms with van der Waals surface area (Å²) in [5, 5.41) is 12.4. The molecule has 2 amide bonds. The maximum atomic E-state index is 12.5. The number of nitrogens with one attached hydrogen (secondary N) is 1. The predicted octanol–water partition coefficient (Wildman–Crippen LogP) is 3.49. The minimum atomic E-state index is -0.368. The zero-order valence-electron chi connectivity index (χ0n) is 15.4. The van der Waals surface area contributed by atoms with Crippen LogP contribution in [0.4, 0.5) is 10.8 Å². The van der Waals surface area contributed by atoms with Gasteiger partial charge in [0.1, 0.15) is 5.01 Å². The maximum Gasteiger partial charge on any atom is 0.231 e. The van der Waals surface area contributed by atoms with Gasteiger partial charge in [0.2, 0.25) is 16.9 Å². The number of aromatic nitrogens is 2. The van der Waals surface area contributed by atoms with Gasteiger partial charge in [0, 0.05) is 25.1 Å². The van der Waals surface area contributed by atoms with E-state index in [1.165, 1.54) is 16.9 Å². The molecule has 7 heteroatoms. The Balaban J connectivity index is 1.63. The number of nitrogens with zero attached hydrogens (tertiary/aromatic N) is 3. The number of hydrogen-bond acceptors (Lipinski definition) is 5. The fourth-order valence-electron chi connectivity index (χ4n) is 2.97. The van der Waals surface area contributed by atoms with Gasteiger partial charge in [-0.25, -0.2) is 0 Å². The number of unbranched alkanes of at least 4 members (excludes halogenated alkanes) is 1. The molecular weight excluding hydrogens is 348 g/mol. The molecule has 0 bridgehead atoms. The molecule has 2 heterocycles. The molecule has 0 radical (unpaired) electrons. The van der Waals surface area contributed by atoms with Gasteiger partial charge < -0.3 is 10.2 Å². The fraction of sp³-hybridized carbons (Fsp3) is 0.474. The van der Waals surface area contributed by atoms with Crippen molar-refractivity contribution in [2.75, 3.05) is 16.8 Å². The molecule has 0 aliphatic carbocycles. The van der Waals surface area contributed by atoms with Crippen molar-refractivity contribution in [2.24, 2.45) is 5.92 Å². The van der Waals surface area contributed by atoms with Gasteiger partial charge in [-0.1, -0.05) is 30.7 Å². The number of hydrogen-bond donors (Lipinski definition) is 1. The molecule has 3 rings (SSSR count).